The molecule has 2 N–H and O–H groups in total. The molecule has 2 aromatic carbocycles. The fraction of sp³-hybridized carbons (Fsp3) is 0.333. The lowest BCUT2D eigenvalue weighted by Gasteiger charge is -2.18. The molecule has 10 heteroatoms. The Kier molecular flexibility index (Phi) is 5.72. The summed E-state index contributed by atoms with van der Waals surface area (Å²) >= 11 is 0. The Bertz CT molecular complexity index is 1140. The van der Waals surface area contributed by atoms with E-state index in [1.54, 1.807) is 32.9 Å². The van der Waals surface area contributed by atoms with E-state index in [1.165, 1.54) is 18.2 Å². The number of carboxylic acid groups (broad SMARTS) is 2. The summed E-state index contributed by atoms with van der Waals surface area (Å²) in [6.45, 7) is 6.77. The normalized spacial score (nSPS) is 15.5. The molecule has 0 spiro atoms. The van der Waals surface area contributed by atoms with Crippen molar-refractivity contribution < 1.29 is 41.9 Å². The quantitative estimate of drug-likeness (QED) is 0.482. The van der Waals surface area contributed by atoms with Crippen LogP contribution in [-0.4, -0.2) is 42.5 Å². The summed E-state index contributed by atoms with van der Waals surface area (Å²) in [5, 5.41) is 18.6. The summed E-state index contributed by atoms with van der Waals surface area (Å²) in [4.78, 5) is 23.0. The van der Waals surface area contributed by atoms with E-state index in [0.717, 1.165) is 5.56 Å². The van der Waals surface area contributed by atoms with Crippen LogP contribution in [0.25, 0.3) is 0 Å². The molecular formula is C21H22O9S. The first kappa shape index (κ1) is 22.6. The summed E-state index contributed by atoms with van der Waals surface area (Å²) in [7, 11) is -3.99. The van der Waals surface area contributed by atoms with Crippen LogP contribution in [0.4, 0.5) is 0 Å². The van der Waals surface area contributed by atoms with Gasteiger partial charge in [-0.3, -0.25) is 4.18 Å². The number of carbonyl (C=O) groups is 2. The van der Waals surface area contributed by atoms with Crippen LogP contribution in [-0.2, 0) is 30.3 Å². The topological polar surface area (TPSA) is 136 Å². The number of aliphatic carboxylic acids is 2. The second-order valence-electron chi connectivity index (χ2n) is 7.43. The highest BCUT2D eigenvalue weighted by molar-refractivity contribution is 7.86. The van der Waals surface area contributed by atoms with Gasteiger partial charge in [0.2, 0.25) is 0 Å². The molecule has 1 atom stereocenters. The number of carboxylic acids is 2. The monoisotopic (exact) mass is 450 g/mol. The minimum absolute atomic E-state index is 0.00982. The molecule has 31 heavy (non-hydrogen) atoms. The second kappa shape index (κ2) is 7.86. The zero-order chi connectivity index (χ0) is 23.1. The number of rotatable bonds is 7. The van der Waals surface area contributed by atoms with E-state index in [-0.39, 0.29) is 22.8 Å². The van der Waals surface area contributed by atoms with Crippen LogP contribution in [0.5, 0.6) is 11.5 Å². The predicted molar refractivity (Wildman–Crippen MR) is 108 cm³/mol. The van der Waals surface area contributed by atoms with Crippen LogP contribution in [0, 0.1) is 20.8 Å². The minimum atomic E-state index is -3.99. The number of fused-ring (bicyclic) bond motifs is 1. The van der Waals surface area contributed by atoms with Gasteiger partial charge in [0.15, 0.2) is 11.5 Å². The number of benzene rings is 2. The largest absolute Gasteiger partial charge is 0.475 e. The van der Waals surface area contributed by atoms with Crippen molar-refractivity contribution >= 4 is 22.1 Å². The van der Waals surface area contributed by atoms with Gasteiger partial charge in [-0.25, -0.2) is 9.59 Å². The molecule has 9 nitrogen and oxygen atoms in total. The lowest BCUT2D eigenvalue weighted by Crippen LogP contribution is -2.54. The van der Waals surface area contributed by atoms with E-state index >= 15 is 0 Å². The summed E-state index contributed by atoms with van der Waals surface area (Å²) < 4.78 is 40.8. The number of aryl methyl sites for hydroxylation is 2. The third kappa shape index (κ3) is 4.08. The van der Waals surface area contributed by atoms with E-state index in [2.05, 4.69) is 0 Å². The Hall–Kier alpha value is -3.11. The molecule has 0 saturated carbocycles. The van der Waals surface area contributed by atoms with Gasteiger partial charge in [-0.15, -0.1) is 0 Å². The fourth-order valence-corrected chi connectivity index (χ4v) is 4.45. The van der Waals surface area contributed by atoms with Crippen molar-refractivity contribution in [1.29, 1.82) is 0 Å². The third-order valence-corrected chi connectivity index (χ3v) is 6.43. The molecule has 0 aliphatic carbocycles. The predicted octanol–water partition coefficient (Wildman–Crippen LogP) is 2.59. The molecule has 0 radical (unpaired) electrons. The van der Waals surface area contributed by atoms with Gasteiger partial charge in [-0.2, -0.15) is 8.42 Å². The van der Waals surface area contributed by atoms with E-state index < -0.39 is 33.9 Å². The molecule has 0 bridgehead atoms. The third-order valence-electron chi connectivity index (χ3n) is 5.00. The summed E-state index contributed by atoms with van der Waals surface area (Å²) in [5.41, 5.74) is 2.65. The molecule has 1 heterocycles. The Balaban J connectivity index is 1.86. The van der Waals surface area contributed by atoms with Gasteiger partial charge in [0.1, 0.15) is 0 Å². The maximum Gasteiger partial charge on any atom is 0.453 e. The van der Waals surface area contributed by atoms with Crippen LogP contribution in [0.3, 0.4) is 0 Å². The fourth-order valence-electron chi connectivity index (χ4n) is 3.37. The van der Waals surface area contributed by atoms with Gasteiger partial charge in [0, 0.05) is 6.42 Å². The Morgan fingerprint density at radius 2 is 1.65 bits per heavy atom. The molecule has 0 saturated heterocycles. The van der Waals surface area contributed by atoms with E-state index in [0.29, 0.717) is 16.7 Å². The van der Waals surface area contributed by atoms with Crippen molar-refractivity contribution in [3.63, 3.8) is 0 Å². The highest BCUT2D eigenvalue weighted by atomic mass is 32.2. The maximum absolute atomic E-state index is 12.5. The Morgan fingerprint density at radius 3 is 2.19 bits per heavy atom. The first-order chi connectivity index (χ1) is 14.4. The summed E-state index contributed by atoms with van der Waals surface area (Å²) in [6.07, 6.45) is -0.597. The van der Waals surface area contributed by atoms with Crippen molar-refractivity contribution in [3.05, 3.63) is 52.6 Å². The zero-order valence-electron chi connectivity index (χ0n) is 17.3. The molecule has 0 unspecified atom stereocenters. The van der Waals surface area contributed by atoms with Gasteiger partial charge in [-0.05, 0) is 62.6 Å². The highest BCUT2D eigenvalue weighted by Crippen LogP contribution is 2.45. The Morgan fingerprint density at radius 1 is 1.06 bits per heavy atom. The van der Waals surface area contributed by atoms with E-state index in [1.807, 2.05) is 6.92 Å². The van der Waals surface area contributed by atoms with Gasteiger partial charge in [0.25, 0.3) is 10.1 Å². The van der Waals surface area contributed by atoms with Crippen LogP contribution in [0.15, 0.2) is 35.2 Å². The molecule has 0 fully saturated rings. The molecule has 0 amide bonds. The van der Waals surface area contributed by atoms with Gasteiger partial charge in [-0.1, -0.05) is 17.7 Å². The van der Waals surface area contributed by atoms with Crippen molar-refractivity contribution in [2.24, 2.45) is 0 Å². The average Bonchev–Trinajstić information content (AvgIpc) is 3.06. The molecule has 1 aliphatic heterocycles. The maximum atomic E-state index is 12.5. The summed E-state index contributed by atoms with van der Waals surface area (Å²) in [6, 6.07) is 7.73. The zero-order valence-corrected chi connectivity index (χ0v) is 18.1. The first-order valence-electron chi connectivity index (χ1n) is 9.35. The summed E-state index contributed by atoms with van der Waals surface area (Å²) in [5.74, 6) is -6.48. The van der Waals surface area contributed by atoms with E-state index in [4.69, 9.17) is 13.7 Å². The van der Waals surface area contributed by atoms with Crippen LogP contribution < -0.4 is 9.47 Å². The van der Waals surface area contributed by atoms with Gasteiger partial charge < -0.3 is 19.7 Å². The highest BCUT2D eigenvalue weighted by Gasteiger charge is 2.58. The minimum Gasteiger partial charge on any atom is -0.475 e. The smallest absolute Gasteiger partial charge is 0.453 e. The molecule has 0 aromatic heterocycles. The van der Waals surface area contributed by atoms with Crippen molar-refractivity contribution in [3.8, 4) is 11.5 Å². The van der Waals surface area contributed by atoms with Gasteiger partial charge in [0.05, 0.1) is 11.0 Å². The van der Waals surface area contributed by atoms with E-state index in [9.17, 15) is 28.2 Å². The van der Waals surface area contributed by atoms with Crippen LogP contribution in [0.2, 0.25) is 0 Å². The lowest BCUT2D eigenvalue weighted by atomic mass is 9.96. The number of ether oxygens (including phenoxy) is 2. The van der Waals surface area contributed by atoms with Crippen LogP contribution >= 0.6 is 0 Å². The number of hydrogen-bond donors (Lipinski definition) is 2. The molecule has 3 rings (SSSR count). The molecular weight excluding hydrogens is 428 g/mol. The molecule has 166 valence electrons. The molecule has 1 aliphatic rings. The second-order valence-corrected chi connectivity index (χ2v) is 9.01. The average molecular weight is 450 g/mol. The standard InChI is InChI=1S/C21H22O9S/c1-11-5-7-15(8-6-11)31(26,27)30-13(3)10-16-12(2)9-17-18(14(16)4)29-21(28-17,19(22)23)20(24)25/h5-9,13H,10H2,1-4H3,(H,22,23)(H,24,25)/t13-/m1/s1. The first-order valence-corrected chi connectivity index (χ1v) is 10.8. The Labute approximate surface area is 179 Å². The number of hydrogen-bond acceptors (Lipinski definition) is 7. The SMILES string of the molecule is Cc1ccc(S(=O)(=O)O[C@H](C)Cc2c(C)cc3c(c2C)OC(C(=O)O)(C(=O)O)O3)cc1. The molecule has 2 aromatic rings. The van der Waals surface area contributed by atoms with Gasteiger partial charge >= 0.3 is 17.7 Å². The van der Waals surface area contributed by atoms with Crippen molar-refractivity contribution in [1.82, 2.24) is 0 Å². The van der Waals surface area contributed by atoms with Crippen molar-refractivity contribution in [2.45, 2.75) is 50.9 Å². The lowest BCUT2D eigenvalue weighted by molar-refractivity contribution is -0.194. The van der Waals surface area contributed by atoms with Crippen LogP contribution in [0.1, 0.15) is 29.2 Å². The van der Waals surface area contributed by atoms with Crippen molar-refractivity contribution in [2.75, 3.05) is 0 Å².